The molecule has 1 aliphatic rings. The second-order valence-electron chi connectivity index (χ2n) is 7.86. The highest BCUT2D eigenvalue weighted by Gasteiger charge is 2.20. The number of nitrogens with one attached hydrogen (secondary N) is 3. The molecule has 3 amide bonds. The number of benzene rings is 2. The Morgan fingerprint density at radius 1 is 1.03 bits per heavy atom. The Balaban J connectivity index is 1.73. The number of anilines is 2. The molecule has 0 bridgehead atoms. The van der Waals surface area contributed by atoms with Crippen LogP contribution in [-0.2, 0) is 6.54 Å². The maximum absolute atomic E-state index is 13.0. The first-order chi connectivity index (χ1) is 14.6. The monoisotopic (exact) mass is 408 g/mol. The first-order valence-corrected chi connectivity index (χ1v) is 10.9. The van der Waals surface area contributed by atoms with Crippen molar-refractivity contribution < 1.29 is 9.59 Å². The van der Waals surface area contributed by atoms with Gasteiger partial charge in [0.2, 0.25) is 0 Å². The lowest BCUT2D eigenvalue weighted by atomic mass is 10.1. The first-order valence-electron chi connectivity index (χ1n) is 10.9. The summed E-state index contributed by atoms with van der Waals surface area (Å²) in [6, 6.07) is 15.2. The fraction of sp³-hybridized carbons (Fsp3) is 0.417. The molecule has 0 radical (unpaired) electrons. The van der Waals surface area contributed by atoms with Crippen LogP contribution in [0.25, 0.3) is 0 Å². The van der Waals surface area contributed by atoms with Crippen LogP contribution in [0.5, 0.6) is 0 Å². The van der Waals surface area contributed by atoms with Crippen LogP contribution < -0.4 is 20.9 Å². The van der Waals surface area contributed by atoms with Crippen molar-refractivity contribution in [2.24, 2.45) is 0 Å². The third-order valence-electron chi connectivity index (χ3n) is 5.48. The van der Waals surface area contributed by atoms with Crippen molar-refractivity contribution in [3.05, 3.63) is 59.7 Å². The fourth-order valence-electron chi connectivity index (χ4n) is 3.56. The minimum atomic E-state index is -0.294. The van der Waals surface area contributed by atoms with E-state index in [4.69, 9.17) is 0 Å². The van der Waals surface area contributed by atoms with E-state index < -0.39 is 0 Å². The van der Waals surface area contributed by atoms with Crippen LogP contribution in [0.3, 0.4) is 0 Å². The van der Waals surface area contributed by atoms with Crippen LogP contribution in [0, 0.1) is 0 Å². The van der Waals surface area contributed by atoms with E-state index in [2.05, 4.69) is 20.9 Å². The summed E-state index contributed by atoms with van der Waals surface area (Å²) >= 11 is 0. The summed E-state index contributed by atoms with van der Waals surface area (Å²) in [6.45, 7) is 6.39. The minimum Gasteiger partial charge on any atom is -0.371 e. The molecule has 1 fully saturated rings. The van der Waals surface area contributed by atoms with Gasteiger partial charge < -0.3 is 20.9 Å². The van der Waals surface area contributed by atoms with Crippen molar-refractivity contribution in [3.63, 3.8) is 0 Å². The molecule has 160 valence electrons. The molecule has 30 heavy (non-hydrogen) atoms. The van der Waals surface area contributed by atoms with Gasteiger partial charge in [0.1, 0.15) is 0 Å². The number of nitrogens with zero attached hydrogens (tertiary/aromatic N) is 1. The Hall–Kier alpha value is -3.02. The van der Waals surface area contributed by atoms with Gasteiger partial charge in [-0.05, 0) is 56.4 Å². The topological polar surface area (TPSA) is 73.5 Å². The quantitative estimate of drug-likeness (QED) is 0.630. The Kier molecular flexibility index (Phi) is 7.71. The smallest absolute Gasteiger partial charge is 0.319 e. The average molecular weight is 409 g/mol. The number of urea groups is 1. The van der Waals surface area contributed by atoms with E-state index in [9.17, 15) is 9.59 Å². The number of carbonyl (C=O) groups is 2. The third-order valence-corrected chi connectivity index (χ3v) is 5.48. The van der Waals surface area contributed by atoms with E-state index >= 15 is 0 Å². The molecule has 6 heteroatoms. The first kappa shape index (κ1) is 21.7. The number of rotatable bonds is 7. The number of hydrogen-bond donors (Lipinski definition) is 3. The van der Waals surface area contributed by atoms with Gasteiger partial charge in [0.15, 0.2) is 0 Å². The van der Waals surface area contributed by atoms with Gasteiger partial charge in [-0.25, -0.2) is 4.79 Å². The minimum absolute atomic E-state index is 0.0949. The SMILES string of the molecule is CC[C@H](C)NC(=O)c1cc(NC(=O)NCc2ccccc2)ccc1N1CCCCC1. The van der Waals surface area contributed by atoms with Crippen LogP contribution in [0.4, 0.5) is 16.2 Å². The van der Waals surface area contributed by atoms with E-state index in [1.807, 2.05) is 56.3 Å². The molecule has 0 aliphatic carbocycles. The predicted molar refractivity (Wildman–Crippen MR) is 122 cm³/mol. The molecule has 1 heterocycles. The Bertz CT molecular complexity index is 848. The highest BCUT2D eigenvalue weighted by atomic mass is 16.2. The summed E-state index contributed by atoms with van der Waals surface area (Å²) in [6.07, 6.45) is 4.36. The molecule has 3 N–H and O–H groups in total. The summed E-state index contributed by atoms with van der Waals surface area (Å²) in [5.41, 5.74) is 3.18. The molecule has 0 unspecified atom stereocenters. The molecule has 6 nitrogen and oxygen atoms in total. The largest absolute Gasteiger partial charge is 0.371 e. The van der Waals surface area contributed by atoms with Crippen molar-refractivity contribution >= 4 is 23.3 Å². The second-order valence-corrected chi connectivity index (χ2v) is 7.86. The number of amides is 3. The Labute approximate surface area is 179 Å². The van der Waals surface area contributed by atoms with Crippen molar-refractivity contribution in [3.8, 4) is 0 Å². The maximum atomic E-state index is 13.0. The highest BCUT2D eigenvalue weighted by Crippen LogP contribution is 2.27. The molecule has 1 aliphatic heterocycles. The van der Waals surface area contributed by atoms with E-state index in [0.29, 0.717) is 17.8 Å². The lowest BCUT2D eigenvalue weighted by Gasteiger charge is -2.31. The van der Waals surface area contributed by atoms with Crippen LogP contribution >= 0.6 is 0 Å². The van der Waals surface area contributed by atoms with Gasteiger partial charge in [-0.1, -0.05) is 37.3 Å². The van der Waals surface area contributed by atoms with Crippen molar-refractivity contribution in [2.75, 3.05) is 23.3 Å². The number of hydrogen-bond acceptors (Lipinski definition) is 3. The van der Waals surface area contributed by atoms with Gasteiger partial charge in [-0.15, -0.1) is 0 Å². The van der Waals surface area contributed by atoms with Crippen LogP contribution in [-0.4, -0.2) is 31.1 Å². The van der Waals surface area contributed by atoms with Crippen molar-refractivity contribution in [1.82, 2.24) is 10.6 Å². The summed E-state index contributed by atoms with van der Waals surface area (Å²) in [5.74, 6) is -0.0988. The molecular weight excluding hydrogens is 376 g/mol. The van der Waals surface area contributed by atoms with Crippen molar-refractivity contribution in [2.45, 2.75) is 52.1 Å². The molecule has 3 rings (SSSR count). The van der Waals surface area contributed by atoms with Gasteiger partial charge in [-0.3, -0.25) is 4.79 Å². The molecule has 0 aromatic heterocycles. The second kappa shape index (κ2) is 10.7. The summed E-state index contributed by atoms with van der Waals surface area (Å²) < 4.78 is 0. The zero-order chi connectivity index (χ0) is 21.3. The number of carbonyl (C=O) groups excluding carboxylic acids is 2. The van der Waals surface area contributed by atoms with Gasteiger partial charge in [0, 0.05) is 37.1 Å². The van der Waals surface area contributed by atoms with Gasteiger partial charge in [0.05, 0.1) is 5.56 Å². The van der Waals surface area contributed by atoms with Gasteiger partial charge in [-0.2, -0.15) is 0 Å². The van der Waals surface area contributed by atoms with Crippen LogP contribution in [0.1, 0.15) is 55.5 Å². The standard InChI is InChI=1S/C24H32N4O2/c1-3-18(2)26-23(29)21-16-20(12-13-22(21)28-14-8-5-9-15-28)27-24(30)25-17-19-10-6-4-7-11-19/h4,6-7,10-13,16,18H,3,5,8-9,14-15,17H2,1-2H3,(H,26,29)(H2,25,27,30)/t18-/m0/s1. The van der Waals surface area contributed by atoms with Gasteiger partial charge >= 0.3 is 6.03 Å². The molecule has 2 aromatic rings. The molecule has 0 saturated carbocycles. The van der Waals surface area contributed by atoms with Crippen LogP contribution in [0.15, 0.2) is 48.5 Å². The zero-order valence-corrected chi connectivity index (χ0v) is 17.9. The van der Waals surface area contributed by atoms with Crippen molar-refractivity contribution in [1.29, 1.82) is 0 Å². The van der Waals surface area contributed by atoms with E-state index in [1.165, 1.54) is 6.42 Å². The van der Waals surface area contributed by atoms with Crippen LogP contribution in [0.2, 0.25) is 0 Å². The highest BCUT2D eigenvalue weighted by molar-refractivity contribution is 6.02. The van der Waals surface area contributed by atoms with Gasteiger partial charge in [0.25, 0.3) is 5.91 Å². The molecule has 1 atom stereocenters. The van der Waals surface area contributed by atoms with E-state index in [0.717, 1.165) is 43.6 Å². The number of piperidine rings is 1. The molecule has 0 spiro atoms. The van der Waals surface area contributed by atoms with E-state index in [-0.39, 0.29) is 18.0 Å². The Morgan fingerprint density at radius 3 is 2.47 bits per heavy atom. The fourth-order valence-corrected chi connectivity index (χ4v) is 3.56. The summed E-state index contributed by atoms with van der Waals surface area (Å²) in [5, 5.41) is 8.77. The zero-order valence-electron chi connectivity index (χ0n) is 17.9. The lowest BCUT2D eigenvalue weighted by molar-refractivity contribution is 0.0939. The molecular formula is C24H32N4O2. The van der Waals surface area contributed by atoms with E-state index in [1.54, 1.807) is 6.07 Å². The summed E-state index contributed by atoms with van der Waals surface area (Å²) in [4.78, 5) is 27.6. The average Bonchev–Trinajstić information content (AvgIpc) is 2.78. The molecule has 2 aromatic carbocycles. The molecule has 1 saturated heterocycles. The predicted octanol–water partition coefficient (Wildman–Crippen LogP) is 4.53. The maximum Gasteiger partial charge on any atom is 0.319 e. The third kappa shape index (κ3) is 5.99. The lowest BCUT2D eigenvalue weighted by Crippen LogP contribution is -2.35. The normalized spacial score (nSPS) is 14.7. The summed E-state index contributed by atoms with van der Waals surface area (Å²) in [7, 11) is 0. The Morgan fingerprint density at radius 2 is 1.77 bits per heavy atom.